The van der Waals surface area contributed by atoms with Crippen LogP contribution >= 0.6 is 12.2 Å². The van der Waals surface area contributed by atoms with Gasteiger partial charge in [0.05, 0.1) is 25.1 Å². The van der Waals surface area contributed by atoms with E-state index in [2.05, 4.69) is 12.2 Å². The highest BCUT2D eigenvalue weighted by atomic mass is 32.1. The van der Waals surface area contributed by atoms with Gasteiger partial charge in [0.15, 0.2) is 0 Å². The zero-order valence-corrected chi connectivity index (χ0v) is 23.1. The molecule has 0 radical (unpaired) electrons. The van der Waals surface area contributed by atoms with E-state index in [1.165, 1.54) is 0 Å². The summed E-state index contributed by atoms with van der Waals surface area (Å²) in [6.45, 7) is 3.31. The molecule has 2 unspecified atom stereocenters. The Bertz CT molecular complexity index is 1500. The fourth-order valence-electron chi connectivity index (χ4n) is 5.77. The summed E-state index contributed by atoms with van der Waals surface area (Å²) in [7, 11) is 3.29. The zero-order chi connectivity index (χ0) is 26.8. The fraction of sp³-hybridized carbons (Fsp3) is 0.387. The van der Waals surface area contributed by atoms with E-state index in [1.807, 2.05) is 47.9 Å². The van der Waals surface area contributed by atoms with Crippen LogP contribution in [0.2, 0.25) is 0 Å². The molecule has 6 nitrogen and oxygen atoms in total. The van der Waals surface area contributed by atoms with Crippen LogP contribution in [0.25, 0.3) is 22.0 Å². The van der Waals surface area contributed by atoms with E-state index < -0.39 is 0 Å². The van der Waals surface area contributed by atoms with Gasteiger partial charge < -0.3 is 15.2 Å². The Kier molecular flexibility index (Phi) is 7.77. The number of nitrogens with two attached hydrogens (primary N) is 1. The van der Waals surface area contributed by atoms with Crippen LogP contribution in [0.5, 0.6) is 11.5 Å². The summed E-state index contributed by atoms with van der Waals surface area (Å²) in [5.74, 6) is 2.98. The van der Waals surface area contributed by atoms with Crippen molar-refractivity contribution in [2.45, 2.75) is 45.6 Å². The van der Waals surface area contributed by atoms with Gasteiger partial charge in [-0.3, -0.25) is 9.36 Å². The number of hydrogen-bond donors (Lipinski definition) is 1. The van der Waals surface area contributed by atoms with Crippen molar-refractivity contribution in [1.82, 2.24) is 9.55 Å². The minimum absolute atomic E-state index is 0.00889. The Morgan fingerprint density at radius 2 is 1.92 bits per heavy atom. The summed E-state index contributed by atoms with van der Waals surface area (Å²) in [6.07, 6.45) is 9.18. The number of benzene rings is 2. The molecule has 2 aliphatic carbocycles. The number of aromatic nitrogens is 2. The van der Waals surface area contributed by atoms with Crippen molar-refractivity contribution >= 4 is 39.1 Å². The van der Waals surface area contributed by atoms with Crippen LogP contribution in [0.3, 0.4) is 0 Å². The molecule has 198 valence electrons. The molecule has 1 aromatic heterocycles. The van der Waals surface area contributed by atoms with Gasteiger partial charge in [0, 0.05) is 35.0 Å². The van der Waals surface area contributed by atoms with Gasteiger partial charge in [-0.2, -0.15) is 0 Å². The number of fused-ring (bicyclic) bond motifs is 1. The summed E-state index contributed by atoms with van der Waals surface area (Å²) < 4.78 is 12.9. The van der Waals surface area contributed by atoms with Gasteiger partial charge in [0.25, 0.3) is 5.56 Å². The van der Waals surface area contributed by atoms with Gasteiger partial charge in [0.1, 0.15) is 17.3 Å². The van der Waals surface area contributed by atoms with Crippen LogP contribution in [0.4, 0.5) is 0 Å². The molecule has 0 aliphatic heterocycles. The molecule has 1 heterocycles. The normalized spacial score (nSPS) is 19.7. The van der Waals surface area contributed by atoms with Crippen LogP contribution in [-0.4, -0.2) is 35.2 Å². The van der Waals surface area contributed by atoms with E-state index in [9.17, 15) is 4.79 Å². The lowest BCUT2D eigenvalue weighted by atomic mass is 9.81. The molecular formula is C31H35N3O3S. The third kappa shape index (κ3) is 5.18. The maximum atomic E-state index is 14.0. The van der Waals surface area contributed by atoms with Gasteiger partial charge in [-0.25, -0.2) is 4.98 Å². The Hall–Kier alpha value is -3.29. The highest BCUT2D eigenvalue weighted by Gasteiger charge is 2.26. The van der Waals surface area contributed by atoms with Gasteiger partial charge in [-0.15, -0.1) is 0 Å². The number of hydrogen-bond acceptors (Lipinski definition) is 6. The maximum absolute atomic E-state index is 14.0. The summed E-state index contributed by atoms with van der Waals surface area (Å²) in [5, 5.41) is 0.648. The smallest absolute Gasteiger partial charge is 0.261 e. The SMILES string of the molecule is COc1ccc(C2=CCC(=S)C(c3nc4ccc(C)cc4c(=O)n3CC3CCCC(CN)C3)=C2)c(OC)c1. The molecule has 0 amide bonds. The fourth-order valence-corrected chi connectivity index (χ4v) is 6.01. The van der Waals surface area contributed by atoms with Crippen molar-refractivity contribution in [1.29, 1.82) is 0 Å². The average Bonchev–Trinajstić information content (AvgIpc) is 2.95. The van der Waals surface area contributed by atoms with Crippen LogP contribution in [0, 0.1) is 18.8 Å². The first-order valence-corrected chi connectivity index (χ1v) is 13.7. The van der Waals surface area contributed by atoms with Crippen molar-refractivity contribution in [3.63, 3.8) is 0 Å². The molecule has 2 N–H and O–H groups in total. The second-order valence-corrected chi connectivity index (χ2v) is 10.9. The highest BCUT2D eigenvalue weighted by molar-refractivity contribution is 7.81. The second-order valence-electron chi connectivity index (χ2n) is 10.4. The van der Waals surface area contributed by atoms with Gasteiger partial charge in [-0.05, 0) is 80.5 Å². The van der Waals surface area contributed by atoms with E-state index in [1.54, 1.807) is 14.2 Å². The van der Waals surface area contributed by atoms with E-state index in [-0.39, 0.29) is 5.56 Å². The van der Waals surface area contributed by atoms with Crippen molar-refractivity contribution in [2.75, 3.05) is 20.8 Å². The molecule has 0 saturated heterocycles. The summed E-state index contributed by atoms with van der Waals surface area (Å²) >= 11 is 5.87. The molecule has 3 aromatic rings. The summed E-state index contributed by atoms with van der Waals surface area (Å²) in [4.78, 5) is 19.8. The number of aryl methyl sites for hydroxylation is 1. The van der Waals surface area contributed by atoms with E-state index in [0.29, 0.717) is 53.8 Å². The molecule has 7 heteroatoms. The Morgan fingerprint density at radius 3 is 2.68 bits per heavy atom. The molecule has 2 aromatic carbocycles. The summed E-state index contributed by atoms with van der Waals surface area (Å²) in [5.41, 5.74) is 10.5. The maximum Gasteiger partial charge on any atom is 0.261 e. The molecule has 5 rings (SSSR count). The third-order valence-corrected chi connectivity index (χ3v) is 8.23. The van der Waals surface area contributed by atoms with Gasteiger partial charge in [0.2, 0.25) is 0 Å². The molecule has 38 heavy (non-hydrogen) atoms. The molecule has 2 atom stereocenters. The summed E-state index contributed by atoms with van der Waals surface area (Å²) in [6, 6.07) is 11.7. The molecule has 1 fully saturated rings. The second kappa shape index (κ2) is 11.2. The largest absolute Gasteiger partial charge is 0.497 e. The average molecular weight is 530 g/mol. The highest BCUT2D eigenvalue weighted by Crippen LogP contribution is 2.36. The van der Waals surface area contributed by atoms with E-state index in [0.717, 1.165) is 58.6 Å². The first-order valence-electron chi connectivity index (χ1n) is 13.3. The molecular weight excluding hydrogens is 494 g/mol. The minimum atomic E-state index is -0.00889. The Labute approximate surface area is 229 Å². The predicted octanol–water partition coefficient (Wildman–Crippen LogP) is 5.73. The molecule has 2 aliphatic rings. The number of ether oxygens (including phenoxy) is 2. The quantitative estimate of drug-likeness (QED) is 0.394. The molecule has 0 spiro atoms. The number of thiocarbonyl (C=S) groups is 1. The standard InChI is InChI=1S/C31H35N3O3S/c1-19-7-11-27-25(13-19)31(35)34(18-21-6-4-5-20(14-21)17-32)30(33-27)26-15-22(8-12-29(26)38)24-10-9-23(36-2)16-28(24)37-3/h7-11,13,15-16,20-21H,4-6,12,14,17-18,32H2,1-3H3. The van der Waals surface area contributed by atoms with Gasteiger partial charge in [-0.1, -0.05) is 36.3 Å². The van der Waals surface area contributed by atoms with Crippen LogP contribution < -0.4 is 20.8 Å². The predicted molar refractivity (Wildman–Crippen MR) is 158 cm³/mol. The van der Waals surface area contributed by atoms with Crippen molar-refractivity contribution in [2.24, 2.45) is 17.6 Å². The monoisotopic (exact) mass is 529 g/mol. The Balaban J connectivity index is 1.64. The molecule has 1 saturated carbocycles. The Morgan fingerprint density at radius 1 is 1.11 bits per heavy atom. The number of methoxy groups -OCH3 is 2. The lowest BCUT2D eigenvalue weighted by Gasteiger charge is -2.30. The van der Waals surface area contributed by atoms with Crippen molar-refractivity contribution in [3.05, 3.63) is 75.9 Å². The lowest BCUT2D eigenvalue weighted by molar-refractivity contribution is 0.245. The van der Waals surface area contributed by atoms with Crippen LogP contribution in [-0.2, 0) is 6.54 Å². The first-order chi connectivity index (χ1) is 18.4. The topological polar surface area (TPSA) is 79.4 Å². The zero-order valence-electron chi connectivity index (χ0n) is 22.3. The van der Waals surface area contributed by atoms with Crippen LogP contribution in [0.15, 0.2) is 53.3 Å². The third-order valence-electron chi connectivity index (χ3n) is 7.84. The van der Waals surface area contributed by atoms with E-state index >= 15 is 0 Å². The lowest BCUT2D eigenvalue weighted by Crippen LogP contribution is -2.32. The van der Waals surface area contributed by atoms with Crippen LogP contribution in [0.1, 0.15) is 49.1 Å². The number of nitrogens with zero attached hydrogens (tertiary/aromatic N) is 2. The molecule has 0 bridgehead atoms. The minimum Gasteiger partial charge on any atom is -0.497 e. The van der Waals surface area contributed by atoms with Gasteiger partial charge >= 0.3 is 0 Å². The number of rotatable bonds is 7. The number of allylic oxidation sites excluding steroid dienone is 4. The van der Waals surface area contributed by atoms with E-state index in [4.69, 9.17) is 32.4 Å². The van der Waals surface area contributed by atoms with Crippen molar-refractivity contribution < 1.29 is 9.47 Å². The van der Waals surface area contributed by atoms with Crippen molar-refractivity contribution in [3.8, 4) is 11.5 Å². The first kappa shape index (κ1) is 26.3.